The maximum Gasteiger partial charge on any atom is 0.247 e. The number of hydrogen-bond donors (Lipinski definition) is 0. The highest BCUT2D eigenvalue weighted by atomic mass is 15.4. The molecule has 1 aliphatic rings. The van der Waals surface area contributed by atoms with Gasteiger partial charge in [-0.25, -0.2) is 0 Å². The topological polar surface area (TPSA) is 10.8 Å². The molecule has 0 aromatic heterocycles. The second-order valence-corrected chi connectivity index (χ2v) is 5.38. The van der Waals surface area contributed by atoms with Crippen molar-refractivity contribution in [2.24, 2.45) is 0 Å². The van der Waals surface area contributed by atoms with E-state index >= 15 is 0 Å². The Morgan fingerprint density at radius 2 is 1.74 bits per heavy atom. The van der Waals surface area contributed by atoms with Gasteiger partial charge < -0.3 is 9.74 Å². The second kappa shape index (κ2) is 4.62. The lowest BCUT2D eigenvalue weighted by Crippen LogP contribution is -2.35. The fraction of sp³-hybridized carbons (Fsp3) is 0.438. The first-order valence-electron chi connectivity index (χ1n) is 6.56. The van der Waals surface area contributed by atoms with Crippen LogP contribution in [-0.2, 0) is 0 Å². The fourth-order valence-corrected chi connectivity index (χ4v) is 2.75. The monoisotopic (exact) mass is 255 g/mol. The molecular weight excluding hydrogens is 234 g/mol. The van der Waals surface area contributed by atoms with Crippen LogP contribution in [0, 0.1) is 34.3 Å². The summed E-state index contributed by atoms with van der Waals surface area (Å²) in [5.74, 6) is 0.699. The van der Waals surface area contributed by atoms with Crippen LogP contribution >= 0.6 is 0 Å². The summed E-state index contributed by atoms with van der Waals surface area (Å²) < 4.78 is 0. The fourth-order valence-electron chi connectivity index (χ4n) is 2.75. The summed E-state index contributed by atoms with van der Waals surface area (Å²) in [6.07, 6.45) is 2.11. The zero-order chi connectivity index (χ0) is 14.3. The molecule has 1 aromatic rings. The van der Waals surface area contributed by atoms with Gasteiger partial charge in [-0.05, 0) is 56.9 Å². The van der Waals surface area contributed by atoms with Crippen LogP contribution in [0.1, 0.15) is 29.2 Å². The average molecular weight is 255 g/mol. The van der Waals surface area contributed by atoms with Crippen LogP contribution in [0.4, 0.5) is 5.69 Å². The smallest absolute Gasteiger partial charge is 0.247 e. The largest absolute Gasteiger partial charge is 0.363 e. The number of hydrogen-bond acceptors (Lipinski definition) is 2. The standard InChI is InChI=1S/C16H21N3/c1-10-8-11(2)16(13(4)12(10)3)19-14(5)18(7)9-15(19)17-6/h8-9,14H,1-5,7H3/t14-/m0/s1. The minimum Gasteiger partial charge on any atom is -0.363 e. The van der Waals surface area contributed by atoms with Gasteiger partial charge in [-0.15, -0.1) is 0 Å². The van der Waals surface area contributed by atoms with Gasteiger partial charge in [0, 0.05) is 13.2 Å². The predicted molar refractivity (Wildman–Crippen MR) is 79.8 cm³/mol. The van der Waals surface area contributed by atoms with Crippen molar-refractivity contribution in [2.45, 2.75) is 40.8 Å². The molecule has 2 rings (SSSR count). The summed E-state index contributed by atoms with van der Waals surface area (Å²) in [5.41, 5.74) is 6.31. The number of nitrogens with zero attached hydrogens (tertiary/aromatic N) is 3. The number of anilines is 1. The van der Waals surface area contributed by atoms with Crippen molar-refractivity contribution in [1.29, 1.82) is 0 Å². The zero-order valence-corrected chi connectivity index (χ0v) is 12.6. The van der Waals surface area contributed by atoms with E-state index in [1.54, 1.807) is 0 Å². The summed E-state index contributed by atoms with van der Waals surface area (Å²) in [6, 6.07) is 2.21. The average Bonchev–Trinajstić information content (AvgIpc) is 2.64. The Bertz CT molecular complexity index is 593. The summed E-state index contributed by atoms with van der Waals surface area (Å²) in [7, 11) is 2.02. The van der Waals surface area contributed by atoms with Gasteiger partial charge in [-0.3, -0.25) is 4.90 Å². The second-order valence-electron chi connectivity index (χ2n) is 5.38. The van der Waals surface area contributed by atoms with Crippen molar-refractivity contribution in [3.05, 3.63) is 51.8 Å². The molecule has 0 amide bonds. The van der Waals surface area contributed by atoms with E-state index in [0.717, 1.165) is 0 Å². The molecule has 1 atom stereocenters. The van der Waals surface area contributed by atoms with Crippen LogP contribution in [-0.4, -0.2) is 18.1 Å². The summed E-state index contributed by atoms with van der Waals surface area (Å²) >= 11 is 0. The van der Waals surface area contributed by atoms with E-state index in [9.17, 15) is 0 Å². The molecular formula is C16H21N3. The Balaban J connectivity index is 2.64. The normalized spacial score (nSPS) is 18.6. The Hall–Kier alpha value is -1.95. The van der Waals surface area contributed by atoms with Crippen LogP contribution in [0.15, 0.2) is 18.1 Å². The lowest BCUT2D eigenvalue weighted by molar-refractivity contribution is 0.382. The predicted octanol–water partition coefficient (Wildman–Crippen LogP) is 3.74. The van der Waals surface area contributed by atoms with Crippen molar-refractivity contribution in [2.75, 3.05) is 11.9 Å². The van der Waals surface area contributed by atoms with Crippen molar-refractivity contribution >= 4 is 5.69 Å². The molecule has 0 aliphatic carbocycles. The Morgan fingerprint density at radius 1 is 1.11 bits per heavy atom. The van der Waals surface area contributed by atoms with Crippen molar-refractivity contribution in [1.82, 2.24) is 4.90 Å². The van der Waals surface area contributed by atoms with Gasteiger partial charge in [-0.2, -0.15) is 0 Å². The highest BCUT2D eigenvalue weighted by Crippen LogP contribution is 2.36. The third kappa shape index (κ3) is 1.98. The quantitative estimate of drug-likeness (QED) is 0.708. The first-order valence-corrected chi connectivity index (χ1v) is 6.56. The van der Waals surface area contributed by atoms with E-state index in [0.29, 0.717) is 5.82 Å². The van der Waals surface area contributed by atoms with E-state index < -0.39 is 0 Å². The van der Waals surface area contributed by atoms with Crippen molar-refractivity contribution < 1.29 is 0 Å². The molecule has 0 bridgehead atoms. The van der Waals surface area contributed by atoms with E-state index in [1.807, 2.05) is 13.2 Å². The first kappa shape index (κ1) is 13.5. The van der Waals surface area contributed by atoms with Gasteiger partial charge in [0.25, 0.3) is 0 Å². The number of benzene rings is 1. The molecule has 1 heterocycles. The molecule has 0 spiro atoms. The van der Waals surface area contributed by atoms with Gasteiger partial charge in [0.1, 0.15) is 5.69 Å². The molecule has 0 fully saturated rings. The molecule has 100 valence electrons. The van der Waals surface area contributed by atoms with E-state index in [2.05, 4.69) is 55.3 Å². The summed E-state index contributed by atoms with van der Waals surface area (Å²) in [4.78, 5) is 7.90. The minimum atomic E-state index is 0.184. The van der Waals surface area contributed by atoms with Gasteiger partial charge >= 0.3 is 0 Å². The highest BCUT2D eigenvalue weighted by molar-refractivity contribution is 5.68. The maximum atomic E-state index is 7.38. The highest BCUT2D eigenvalue weighted by Gasteiger charge is 2.33. The van der Waals surface area contributed by atoms with Crippen LogP contribution in [0.5, 0.6) is 0 Å². The van der Waals surface area contributed by atoms with Crippen molar-refractivity contribution in [3.8, 4) is 0 Å². The first-order chi connectivity index (χ1) is 8.88. The molecule has 0 unspecified atom stereocenters. The van der Waals surface area contributed by atoms with Gasteiger partial charge in [-0.1, -0.05) is 12.6 Å². The summed E-state index contributed by atoms with van der Waals surface area (Å²) in [6.45, 7) is 18.1. The lowest BCUT2D eigenvalue weighted by atomic mass is 9.97. The molecule has 0 saturated carbocycles. The molecule has 1 aromatic carbocycles. The van der Waals surface area contributed by atoms with Crippen LogP contribution in [0.25, 0.3) is 4.85 Å². The van der Waals surface area contributed by atoms with Crippen LogP contribution in [0.3, 0.4) is 0 Å². The van der Waals surface area contributed by atoms with Gasteiger partial charge in [0.05, 0.1) is 0 Å². The summed E-state index contributed by atoms with van der Waals surface area (Å²) in [5, 5.41) is 0. The lowest BCUT2D eigenvalue weighted by Gasteiger charge is -2.28. The third-order valence-corrected chi connectivity index (χ3v) is 4.20. The van der Waals surface area contributed by atoms with Crippen molar-refractivity contribution in [3.63, 3.8) is 0 Å². The minimum absolute atomic E-state index is 0.184. The van der Waals surface area contributed by atoms with Crippen LogP contribution in [0.2, 0.25) is 0 Å². The molecule has 0 N–H and O–H groups in total. The maximum absolute atomic E-state index is 7.38. The Morgan fingerprint density at radius 3 is 2.32 bits per heavy atom. The SMILES string of the molecule is [C-]#[N+]C1=CN(C)[C@H](C)N1c1c(C)cc(C)c(C)c1C. The van der Waals surface area contributed by atoms with Gasteiger partial charge in [0.15, 0.2) is 6.17 Å². The zero-order valence-electron chi connectivity index (χ0n) is 12.6. The molecule has 1 aliphatic heterocycles. The molecule has 3 nitrogen and oxygen atoms in total. The van der Waals surface area contributed by atoms with Crippen LogP contribution < -0.4 is 4.90 Å². The van der Waals surface area contributed by atoms with Gasteiger partial charge in [0.2, 0.25) is 5.82 Å². The molecule has 19 heavy (non-hydrogen) atoms. The number of rotatable bonds is 1. The molecule has 3 heteroatoms. The van der Waals surface area contributed by atoms with E-state index in [4.69, 9.17) is 6.57 Å². The molecule has 0 saturated heterocycles. The van der Waals surface area contributed by atoms with E-state index in [-0.39, 0.29) is 6.17 Å². The third-order valence-electron chi connectivity index (χ3n) is 4.20. The number of aryl methyl sites for hydroxylation is 2. The Labute approximate surface area is 116 Å². The molecule has 0 radical (unpaired) electrons. The Kier molecular flexibility index (Phi) is 3.28. The van der Waals surface area contributed by atoms with E-state index in [1.165, 1.54) is 27.9 Å².